The van der Waals surface area contributed by atoms with Gasteiger partial charge in [-0.2, -0.15) is 0 Å². The van der Waals surface area contributed by atoms with Gasteiger partial charge < -0.3 is 9.88 Å². The molecule has 0 aliphatic carbocycles. The maximum Gasteiger partial charge on any atom is 0.269 e. The number of benzene rings is 4. The molecule has 11 heteroatoms. The Kier molecular flexibility index (Phi) is 7.45. The van der Waals surface area contributed by atoms with Crippen LogP contribution < -0.4 is 10.9 Å². The minimum Gasteiger partial charge on any atom is -0.321 e. The molecule has 232 valence electrons. The summed E-state index contributed by atoms with van der Waals surface area (Å²) in [5.74, 6) is -2.67. The number of fused-ring (bicyclic) bond motifs is 2. The first-order valence-corrected chi connectivity index (χ1v) is 15.9. The van der Waals surface area contributed by atoms with Crippen molar-refractivity contribution in [1.82, 2.24) is 13.5 Å². The van der Waals surface area contributed by atoms with E-state index >= 15 is 0 Å². The van der Waals surface area contributed by atoms with Gasteiger partial charge in [-0.05, 0) is 77.2 Å². The van der Waals surface area contributed by atoms with Crippen molar-refractivity contribution >= 4 is 43.4 Å². The van der Waals surface area contributed by atoms with Crippen molar-refractivity contribution in [1.29, 1.82) is 0 Å². The molecule has 0 spiro atoms. The highest BCUT2D eigenvalue weighted by Crippen LogP contribution is 2.35. The van der Waals surface area contributed by atoms with Gasteiger partial charge in [0.1, 0.15) is 5.56 Å². The van der Waals surface area contributed by atoms with Crippen LogP contribution in [0.3, 0.4) is 0 Å². The number of pyridine rings is 2. The number of halogens is 2. The molecule has 8 nitrogen and oxygen atoms in total. The number of carbonyl (C=O) groups is 1. The van der Waals surface area contributed by atoms with Crippen LogP contribution in [-0.4, -0.2) is 27.8 Å². The third-order valence-electron chi connectivity index (χ3n) is 7.88. The van der Waals surface area contributed by atoms with Crippen LogP contribution in [0.25, 0.3) is 32.9 Å². The SMILES string of the molecule is O=C(Nc1cccc2ccc(-c3cn(S(=O)(=O)c4ccccc4)c4ncccc34)cc12)c1cccn(Cc2ccc(F)c(F)c2)c1=O. The van der Waals surface area contributed by atoms with Crippen molar-refractivity contribution in [2.75, 3.05) is 5.32 Å². The second kappa shape index (κ2) is 11.8. The molecule has 3 heterocycles. The minimum absolute atomic E-state index is 0.0583. The van der Waals surface area contributed by atoms with Gasteiger partial charge in [0.2, 0.25) is 0 Å². The molecule has 0 aliphatic heterocycles. The topological polar surface area (TPSA) is 103 Å². The molecule has 47 heavy (non-hydrogen) atoms. The molecule has 4 aromatic carbocycles. The predicted molar refractivity (Wildman–Crippen MR) is 176 cm³/mol. The number of nitrogens with one attached hydrogen (secondary N) is 1. The molecule has 0 aliphatic rings. The first kappa shape index (κ1) is 29.8. The summed E-state index contributed by atoms with van der Waals surface area (Å²) in [6.07, 6.45) is 4.54. The summed E-state index contributed by atoms with van der Waals surface area (Å²) in [4.78, 5) is 31.2. The quantitative estimate of drug-likeness (QED) is 0.205. The minimum atomic E-state index is -3.95. The highest BCUT2D eigenvalue weighted by Gasteiger charge is 2.23. The normalized spacial score (nSPS) is 11.6. The number of carbonyl (C=O) groups excluding carboxylic acids is 1. The number of hydrogen-bond donors (Lipinski definition) is 1. The molecule has 0 bridgehead atoms. The molecule has 0 unspecified atom stereocenters. The number of rotatable bonds is 7. The van der Waals surface area contributed by atoms with E-state index in [-0.39, 0.29) is 22.7 Å². The lowest BCUT2D eigenvalue weighted by molar-refractivity contribution is 0.102. The number of nitrogens with zero attached hydrogens (tertiary/aromatic N) is 3. The summed E-state index contributed by atoms with van der Waals surface area (Å²) in [5.41, 5.74) is 1.64. The second-order valence-corrected chi connectivity index (χ2v) is 12.6. The van der Waals surface area contributed by atoms with Gasteiger partial charge in [-0.25, -0.2) is 26.2 Å². The van der Waals surface area contributed by atoms with E-state index < -0.39 is 33.1 Å². The average molecular weight is 647 g/mol. The van der Waals surface area contributed by atoms with Crippen molar-refractivity contribution in [2.45, 2.75) is 11.4 Å². The van der Waals surface area contributed by atoms with E-state index in [1.165, 1.54) is 51.3 Å². The van der Waals surface area contributed by atoms with E-state index in [9.17, 15) is 26.8 Å². The van der Waals surface area contributed by atoms with E-state index in [4.69, 9.17) is 0 Å². The Balaban J connectivity index is 1.25. The Hall–Kier alpha value is -5.94. The zero-order valence-corrected chi connectivity index (χ0v) is 25.3. The Morgan fingerprint density at radius 2 is 1.64 bits per heavy atom. The maximum atomic E-state index is 13.7. The van der Waals surface area contributed by atoms with Gasteiger partial charge >= 0.3 is 0 Å². The van der Waals surface area contributed by atoms with E-state index in [0.717, 1.165) is 17.5 Å². The Bertz CT molecular complexity index is 2510. The number of hydrogen-bond acceptors (Lipinski definition) is 5. The Morgan fingerprint density at radius 1 is 0.809 bits per heavy atom. The second-order valence-electron chi connectivity index (χ2n) is 10.8. The van der Waals surface area contributed by atoms with Gasteiger partial charge in [0.05, 0.1) is 11.4 Å². The van der Waals surface area contributed by atoms with Crippen LogP contribution in [0.15, 0.2) is 137 Å². The number of aromatic nitrogens is 3. The third-order valence-corrected chi connectivity index (χ3v) is 9.54. The fourth-order valence-electron chi connectivity index (χ4n) is 5.56. The van der Waals surface area contributed by atoms with Crippen molar-refractivity contribution in [2.24, 2.45) is 0 Å². The molecule has 7 aromatic rings. The van der Waals surface area contributed by atoms with E-state index in [0.29, 0.717) is 33.2 Å². The highest BCUT2D eigenvalue weighted by atomic mass is 32.2. The van der Waals surface area contributed by atoms with Crippen LogP contribution in [0.5, 0.6) is 0 Å². The molecular formula is C36H24F2N4O4S. The number of amides is 1. The van der Waals surface area contributed by atoms with Gasteiger partial charge in [-0.1, -0.05) is 48.5 Å². The molecular weight excluding hydrogens is 622 g/mol. The molecule has 1 amide bonds. The largest absolute Gasteiger partial charge is 0.321 e. The summed E-state index contributed by atoms with van der Waals surface area (Å²) in [6.45, 7) is -0.0583. The zero-order valence-electron chi connectivity index (χ0n) is 24.5. The highest BCUT2D eigenvalue weighted by molar-refractivity contribution is 7.90. The number of anilines is 1. The van der Waals surface area contributed by atoms with Gasteiger partial charge in [0, 0.05) is 40.6 Å². The monoisotopic (exact) mass is 646 g/mol. The molecule has 7 rings (SSSR count). The zero-order chi connectivity index (χ0) is 32.7. The van der Waals surface area contributed by atoms with Crippen LogP contribution in [0, 0.1) is 11.6 Å². The van der Waals surface area contributed by atoms with Crippen LogP contribution in [0.1, 0.15) is 15.9 Å². The Morgan fingerprint density at radius 3 is 2.45 bits per heavy atom. The first-order chi connectivity index (χ1) is 22.7. The van der Waals surface area contributed by atoms with Gasteiger partial charge in [-0.15, -0.1) is 0 Å². The molecule has 0 fully saturated rings. The molecule has 0 saturated carbocycles. The molecule has 0 atom stereocenters. The standard InChI is InChI=1S/C36H24F2N4O4S/c37-31-16-13-23(19-32(31)38)21-41-18-6-11-28(36(41)44)35(43)40-33-12-4-7-24-14-15-25(20-29(24)33)30-22-42(34-27(30)10-5-17-39-34)47(45,46)26-8-2-1-3-9-26/h1-20,22H,21H2,(H,40,43). The summed E-state index contributed by atoms with van der Waals surface area (Å²) >= 11 is 0. The maximum absolute atomic E-state index is 13.7. The predicted octanol–water partition coefficient (Wildman–Crippen LogP) is 6.83. The first-order valence-electron chi connectivity index (χ1n) is 14.5. The summed E-state index contributed by atoms with van der Waals surface area (Å²) in [5, 5.41) is 4.92. The van der Waals surface area contributed by atoms with E-state index in [1.54, 1.807) is 48.7 Å². The van der Waals surface area contributed by atoms with Gasteiger partial charge in [0.25, 0.3) is 21.5 Å². The summed E-state index contributed by atoms with van der Waals surface area (Å²) < 4.78 is 56.8. The average Bonchev–Trinajstić information content (AvgIpc) is 3.48. The van der Waals surface area contributed by atoms with Crippen molar-refractivity contribution in [3.05, 3.63) is 161 Å². The van der Waals surface area contributed by atoms with Crippen LogP contribution >= 0.6 is 0 Å². The third kappa shape index (κ3) is 5.46. The summed E-state index contributed by atoms with van der Waals surface area (Å²) in [7, 11) is -3.95. The van der Waals surface area contributed by atoms with E-state index in [1.807, 2.05) is 24.3 Å². The van der Waals surface area contributed by atoms with E-state index in [2.05, 4.69) is 10.3 Å². The van der Waals surface area contributed by atoms with Gasteiger partial charge in [-0.3, -0.25) is 9.59 Å². The summed E-state index contributed by atoms with van der Waals surface area (Å²) in [6, 6.07) is 28.8. The van der Waals surface area contributed by atoms with Crippen molar-refractivity contribution in [3.63, 3.8) is 0 Å². The van der Waals surface area contributed by atoms with Crippen molar-refractivity contribution in [3.8, 4) is 11.1 Å². The van der Waals surface area contributed by atoms with Crippen LogP contribution in [0.2, 0.25) is 0 Å². The van der Waals surface area contributed by atoms with Crippen LogP contribution in [0.4, 0.5) is 14.5 Å². The molecule has 1 N–H and O–H groups in total. The van der Waals surface area contributed by atoms with Gasteiger partial charge in [0.15, 0.2) is 17.3 Å². The Labute approximate surface area is 267 Å². The molecule has 0 radical (unpaired) electrons. The van der Waals surface area contributed by atoms with Crippen molar-refractivity contribution < 1.29 is 22.0 Å². The lowest BCUT2D eigenvalue weighted by atomic mass is 10.00. The van der Waals surface area contributed by atoms with Crippen LogP contribution in [-0.2, 0) is 16.6 Å². The lowest BCUT2D eigenvalue weighted by Gasteiger charge is -2.12. The smallest absolute Gasteiger partial charge is 0.269 e. The molecule has 3 aromatic heterocycles. The fraction of sp³-hybridized carbons (Fsp3) is 0.0278. The molecule has 0 saturated heterocycles. The lowest BCUT2D eigenvalue weighted by Crippen LogP contribution is -2.29. The fourth-order valence-corrected chi connectivity index (χ4v) is 6.90.